The third-order valence-electron chi connectivity index (χ3n) is 4.66. The van der Waals surface area contributed by atoms with Crippen LogP contribution in [0.25, 0.3) is 0 Å². The minimum atomic E-state index is -1.21. The third-order valence-corrected chi connectivity index (χ3v) is 5.44. The van der Waals surface area contributed by atoms with Gasteiger partial charge in [-0.2, -0.15) is 0 Å². The summed E-state index contributed by atoms with van der Waals surface area (Å²) in [6.45, 7) is -0.801. The van der Waals surface area contributed by atoms with Crippen LogP contribution in [0, 0.1) is 0 Å². The van der Waals surface area contributed by atoms with E-state index in [1.165, 1.54) is 0 Å². The summed E-state index contributed by atoms with van der Waals surface area (Å²) in [5.74, 6) is -2.23. The molecule has 0 aliphatic carbocycles. The van der Waals surface area contributed by atoms with Crippen LogP contribution >= 0.6 is 27.5 Å². The first-order valence-corrected chi connectivity index (χ1v) is 11.4. The van der Waals surface area contributed by atoms with Crippen molar-refractivity contribution in [2.24, 2.45) is 0 Å². The smallest absolute Gasteiger partial charge is 0.326 e. The molecular weight excluding hydrogens is 524 g/mol. The fourth-order valence-corrected chi connectivity index (χ4v) is 3.32. The summed E-state index contributed by atoms with van der Waals surface area (Å²) in [6, 6.07) is 21.4. The van der Waals surface area contributed by atoms with Gasteiger partial charge < -0.3 is 15.4 Å². The predicted octanol–water partition coefficient (Wildman–Crippen LogP) is 4.12. The summed E-state index contributed by atoms with van der Waals surface area (Å²) in [4.78, 5) is 49.6. The van der Waals surface area contributed by atoms with Gasteiger partial charge >= 0.3 is 5.97 Å². The van der Waals surface area contributed by atoms with E-state index in [4.69, 9.17) is 16.3 Å². The Bertz CT molecular complexity index is 1170. The van der Waals surface area contributed by atoms with Crippen LogP contribution in [-0.2, 0) is 14.3 Å². The Labute approximate surface area is 209 Å². The molecule has 7 nitrogen and oxygen atoms in total. The van der Waals surface area contributed by atoms with Gasteiger partial charge in [-0.1, -0.05) is 70.0 Å². The van der Waals surface area contributed by atoms with Gasteiger partial charge in [0.2, 0.25) is 11.7 Å². The predicted molar refractivity (Wildman–Crippen MR) is 131 cm³/mol. The van der Waals surface area contributed by atoms with E-state index in [0.29, 0.717) is 21.7 Å². The molecule has 0 spiro atoms. The average Bonchev–Trinajstić information content (AvgIpc) is 2.85. The highest BCUT2D eigenvalue weighted by molar-refractivity contribution is 9.10. The summed E-state index contributed by atoms with van der Waals surface area (Å²) in [5.41, 5.74) is 1.20. The molecule has 3 rings (SSSR count). The van der Waals surface area contributed by atoms with Crippen LogP contribution in [0.5, 0.6) is 0 Å². The SMILES string of the molecule is O=C(CNC(=O)c1ccc(Br)cc1)NCC(=O)O[C@H](C(=O)c1ccccc1)c1ccc(Cl)cc1. The highest BCUT2D eigenvalue weighted by Gasteiger charge is 2.26. The topological polar surface area (TPSA) is 102 Å². The van der Waals surface area contributed by atoms with Gasteiger partial charge in [0.05, 0.1) is 6.54 Å². The summed E-state index contributed by atoms with van der Waals surface area (Å²) in [7, 11) is 0. The number of Topliss-reactive ketones (excluding diaryl/α,β-unsaturated/α-hetero) is 1. The average molecular weight is 544 g/mol. The van der Waals surface area contributed by atoms with Crippen molar-refractivity contribution in [3.63, 3.8) is 0 Å². The largest absolute Gasteiger partial charge is 0.448 e. The van der Waals surface area contributed by atoms with Crippen molar-refractivity contribution in [2.75, 3.05) is 13.1 Å². The lowest BCUT2D eigenvalue weighted by Crippen LogP contribution is -2.39. The van der Waals surface area contributed by atoms with Gasteiger partial charge in [-0.05, 0) is 36.4 Å². The first-order valence-electron chi connectivity index (χ1n) is 10.2. The molecule has 0 saturated carbocycles. The van der Waals surface area contributed by atoms with Crippen molar-refractivity contribution in [3.05, 3.63) is 105 Å². The lowest BCUT2D eigenvalue weighted by Gasteiger charge is -2.18. The van der Waals surface area contributed by atoms with Crippen LogP contribution in [0.4, 0.5) is 0 Å². The minimum Gasteiger partial charge on any atom is -0.448 e. The van der Waals surface area contributed by atoms with Crippen LogP contribution in [0.15, 0.2) is 83.3 Å². The molecule has 0 aromatic heterocycles. The van der Waals surface area contributed by atoms with Crippen molar-refractivity contribution < 1.29 is 23.9 Å². The van der Waals surface area contributed by atoms with E-state index in [0.717, 1.165) is 4.47 Å². The van der Waals surface area contributed by atoms with E-state index in [1.54, 1.807) is 78.9 Å². The molecule has 1 atom stereocenters. The maximum absolute atomic E-state index is 13.0. The zero-order chi connectivity index (χ0) is 24.5. The maximum Gasteiger partial charge on any atom is 0.326 e. The van der Waals surface area contributed by atoms with Crippen molar-refractivity contribution in [3.8, 4) is 0 Å². The van der Waals surface area contributed by atoms with Crippen LogP contribution in [0.2, 0.25) is 5.02 Å². The molecule has 0 aliphatic rings. The van der Waals surface area contributed by atoms with Crippen LogP contribution < -0.4 is 10.6 Å². The normalized spacial score (nSPS) is 11.2. The number of hydrogen-bond acceptors (Lipinski definition) is 5. The molecule has 0 saturated heterocycles. The molecule has 2 N–H and O–H groups in total. The summed E-state index contributed by atoms with van der Waals surface area (Å²) in [5, 5.41) is 5.31. The highest BCUT2D eigenvalue weighted by atomic mass is 79.9. The van der Waals surface area contributed by atoms with Crippen LogP contribution in [-0.4, -0.2) is 36.7 Å². The molecular formula is C25H20BrClN2O5. The van der Waals surface area contributed by atoms with E-state index >= 15 is 0 Å². The lowest BCUT2D eigenvalue weighted by molar-refractivity contribution is -0.147. The minimum absolute atomic E-state index is 0.328. The lowest BCUT2D eigenvalue weighted by atomic mass is 10.00. The standard InChI is InChI=1S/C25H20BrClN2O5/c26-19-10-6-18(7-11-19)25(33)29-14-21(30)28-15-22(31)34-24(17-8-12-20(27)13-9-17)23(32)16-4-2-1-3-5-16/h1-13,24H,14-15H2,(H,28,30)(H,29,33)/t24-/m0/s1. The molecule has 174 valence electrons. The number of amides is 2. The van der Waals surface area contributed by atoms with Gasteiger partial charge in [0.25, 0.3) is 5.91 Å². The maximum atomic E-state index is 13.0. The number of hydrogen-bond donors (Lipinski definition) is 2. The summed E-state index contributed by atoms with van der Waals surface area (Å²) in [6.07, 6.45) is -1.21. The third kappa shape index (κ3) is 7.26. The second-order valence-corrected chi connectivity index (χ2v) is 8.47. The van der Waals surface area contributed by atoms with Crippen molar-refractivity contribution in [1.82, 2.24) is 10.6 Å². The fourth-order valence-electron chi connectivity index (χ4n) is 2.93. The molecule has 3 aromatic rings. The van der Waals surface area contributed by atoms with E-state index < -0.39 is 36.2 Å². The van der Waals surface area contributed by atoms with Gasteiger partial charge in [-0.3, -0.25) is 19.2 Å². The van der Waals surface area contributed by atoms with Gasteiger partial charge in [-0.25, -0.2) is 0 Å². The number of rotatable bonds is 9. The molecule has 9 heteroatoms. The zero-order valence-electron chi connectivity index (χ0n) is 17.8. The molecule has 0 heterocycles. The van der Waals surface area contributed by atoms with E-state index in [2.05, 4.69) is 26.6 Å². The van der Waals surface area contributed by atoms with E-state index in [1.807, 2.05) is 0 Å². The Balaban J connectivity index is 1.57. The van der Waals surface area contributed by atoms with Gasteiger partial charge in [0.1, 0.15) is 6.54 Å². The molecule has 2 amide bonds. The zero-order valence-corrected chi connectivity index (χ0v) is 20.1. The molecule has 0 bridgehead atoms. The molecule has 0 fully saturated rings. The highest BCUT2D eigenvalue weighted by Crippen LogP contribution is 2.24. The number of ketones is 1. The number of carbonyl (C=O) groups is 4. The monoisotopic (exact) mass is 542 g/mol. The Hall–Kier alpha value is -3.49. The first-order chi connectivity index (χ1) is 16.3. The van der Waals surface area contributed by atoms with Crippen molar-refractivity contribution in [1.29, 1.82) is 0 Å². The fraction of sp³-hybridized carbons (Fsp3) is 0.120. The second-order valence-electron chi connectivity index (χ2n) is 7.12. The number of ether oxygens (including phenoxy) is 1. The van der Waals surface area contributed by atoms with Gasteiger partial charge in [0, 0.05) is 26.2 Å². The summed E-state index contributed by atoms with van der Waals surface area (Å²) >= 11 is 9.21. The number of nitrogens with one attached hydrogen (secondary N) is 2. The Kier molecular flexibility index (Phi) is 8.95. The number of carbonyl (C=O) groups excluding carboxylic acids is 4. The number of benzene rings is 3. The Morgan fingerprint density at radius 1 is 0.794 bits per heavy atom. The van der Waals surface area contributed by atoms with Crippen molar-refractivity contribution in [2.45, 2.75) is 6.10 Å². The first kappa shape index (κ1) is 25.1. The molecule has 0 aliphatic heterocycles. The number of esters is 1. The second kappa shape index (κ2) is 12.1. The quantitative estimate of drug-likeness (QED) is 0.312. The molecule has 0 unspecified atom stereocenters. The Morgan fingerprint density at radius 2 is 1.44 bits per heavy atom. The number of halogens is 2. The Morgan fingerprint density at radius 3 is 2.09 bits per heavy atom. The van der Waals surface area contributed by atoms with E-state index in [9.17, 15) is 19.2 Å². The molecule has 34 heavy (non-hydrogen) atoms. The van der Waals surface area contributed by atoms with E-state index in [-0.39, 0.29) is 6.54 Å². The van der Waals surface area contributed by atoms with Gasteiger partial charge in [-0.15, -0.1) is 0 Å². The van der Waals surface area contributed by atoms with Crippen molar-refractivity contribution >= 4 is 51.1 Å². The molecule has 3 aromatic carbocycles. The van der Waals surface area contributed by atoms with Gasteiger partial charge in [0.15, 0.2) is 6.10 Å². The summed E-state index contributed by atoms with van der Waals surface area (Å²) < 4.78 is 6.23. The molecule has 0 radical (unpaired) electrons. The van der Waals surface area contributed by atoms with Crippen LogP contribution in [0.3, 0.4) is 0 Å². The van der Waals surface area contributed by atoms with Crippen LogP contribution in [0.1, 0.15) is 32.4 Å².